The topological polar surface area (TPSA) is 64.6 Å². The molecule has 0 spiro atoms. The van der Waals surface area contributed by atoms with E-state index in [1.807, 2.05) is 12.1 Å². The third kappa shape index (κ3) is 5.23. The zero-order chi connectivity index (χ0) is 19.4. The highest BCUT2D eigenvalue weighted by Crippen LogP contribution is 2.37. The second kappa shape index (κ2) is 8.11. The number of hydrogen-bond donors (Lipinski definition) is 1. The van der Waals surface area contributed by atoms with Gasteiger partial charge in [-0.25, -0.2) is 4.79 Å². The summed E-state index contributed by atoms with van der Waals surface area (Å²) in [4.78, 5) is 24.4. The lowest BCUT2D eigenvalue weighted by Gasteiger charge is -2.24. The summed E-state index contributed by atoms with van der Waals surface area (Å²) in [5.41, 5.74) is 0.342. The maximum atomic E-state index is 12.3. The molecule has 0 bridgehead atoms. The maximum Gasteiger partial charge on any atom is 0.333 e. The Labute approximate surface area is 156 Å². The molecule has 5 heteroatoms. The standard InChI is InChI=1S/C21H31NO4/c1-20(2,3)19(24)22-17(18(23)25-5)15-8-10-16(11-9-15)26-14-21(4)12-6-7-13-21/h8-11,17H,6-7,12-14H2,1-5H3,(H,22,24)/t17-/m1/s1. The fourth-order valence-corrected chi connectivity index (χ4v) is 3.13. The highest BCUT2D eigenvalue weighted by atomic mass is 16.5. The summed E-state index contributed by atoms with van der Waals surface area (Å²) in [6.45, 7) is 8.38. The third-order valence-corrected chi connectivity index (χ3v) is 5.00. The van der Waals surface area contributed by atoms with Crippen molar-refractivity contribution in [3.05, 3.63) is 29.8 Å². The van der Waals surface area contributed by atoms with Crippen molar-refractivity contribution in [2.75, 3.05) is 13.7 Å². The van der Waals surface area contributed by atoms with Crippen LogP contribution in [0.15, 0.2) is 24.3 Å². The van der Waals surface area contributed by atoms with Crippen LogP contribution in [0, 0.1) is 10.8 Å². The first-order valence-corrected chi connectivity index (χ1v) is 9.26. The minimum atomic E-state index is -0.826. The Kier molecular flexibility index (Phi) is 6.32. The minimum absolute atomic E-state index is 0.206. The number of benzene rings is 1. The molecule has 1 amide bonds. The predicted molar refractivity (Wildman–Crippen MR) is 101 cm³/mol. The van der Waals surface area contributed by atoms with Crippen LogP contribution in [0.2, 0.25) is 0 Å². The van der Waals surface area contributed by atoms with Crippen LogP contribution in [0.3, 0.4) is 0 Å². The highest BCUT2D eigenvalue weighted by molar-refractivity contribution is 5.88. The van der Waals surface area contributed by atoms with Crippen LogP contribution < -0.4 is 10.1 Å². The van der Waals surface area contributed by atoms with E-state index in [0.717, 1.165) is 5.75 Å². The molecule has 0 aromatic heterocycles. The van der Waals surface area contributed by atoms with E-state index in [4.69, 9.17) is 9.47 Å². The smallest absolute Gasteiger partial charge is 0.333 e. The predicted octanol–water partition coefficient (Wildman–Crippen LogP) is 4.02. The van der Waals surface area contributed by atoms with Crippen molar-refractivity contribution in [3.63, 3.8) is 0 Å². The highest BCUT2D eigenvalue weighted by Gasteiger charge is 2.30. The first kappa shape index (κ1) is 20.3. The first-order chi connectivity index (χ1) is 12.1. The SMILES string of the molecule is COC(=O)[C@H](NC(=O)C(C)(C)C)c1ccc(OCC2(C)CCCC2)cc1. The lowest BCUT2D eigenvalue weighted by atomic mass is 9.90. The molecule has 1 aliphatic rings. The van der Waals surface area contributed by atoms with Gasteiger partial charge in [-0.15, -0.1) is 0 Å². The Hall–Kier alpha value is -2.04. The van der Waals surface area contributed by atoms with Gasteiger partial charge in [-0.3, -0.25) is 4.79 Å². The summed E-state index contributed by atoms with van der Waals surface area (Å²) in [5, 5.41) is 2.77. The van der Waals surface area contributed by atoms with Gasteiger partial charge in [0.15, 0.2) is 6.04 Å². The molecule has 0 saturated heterocycles. The third-order valence-electron chi connectivity index (χ3n) is 5.00. The Morgan fingerprint density at radius 2 is 1.73 bits per heavy atom. The number of hydrogen-bond acceptors (Lipinski definition) is 4. The molecule has 1 atom stereocenters. The summed E-state index contributed by atoms with van der Waals surface area (Å²) in [6, 6.07) is 6.46. The van der Waals surface area contributed by atoms with Crippen molar-refractivity contribution in [2.45, 2.75) is 59.4 Å². The molecule has 0 unspecified atom stereocenters. The number of methoxy groups -OCH3 is 1. The number of carbonyl (C=O) groups excluding carboxylic acids is 2. The van der Waals surface area contributed by atoms with Crippen molar-refractivity contribution >= 4 is 11.9 Å². The van der Waals surface area contributed by atoms with E-state index < -0.39 is 17.4 Å². The van der Waals surface area contributed by atoms with Gasteiger partial charge >= 0.3 is 5.97 Å². The number of amides is 1. The van der Waals surface area contributed by atoms with Crippen molar-refractivity contribution in [3.8, 4) is 5.75 Å². The lowest BCUT2D eigenvalue weighted by molar-refractivity contribution is -0.146. The fraction of sp³-hybridized carbons (Fsp3) is 0.619. The van der Waals surface area contributed by atoms with Crippen LogP contribution in [-0.4, -0.2) is 25.6 Å². The van der Waals surface area contributed by atoms with E-state index in [0.29, 0.717) is 12.2 Å². The molecule has 2 rings (SSSR count). The van der Waals surface area contributed by atoms with Gasteiger partial charge in [0.25, 0.3) is 0 Å². The van der Waals surface area contributed by atoms with Crippen molar-refractivity contribution in [2.24, 2.45) is 10.8 Å². The number of carbonyl (C=O) groups is 2. The van der Waals surface area contributed by atoms with Crippen molar-refractivity contribution in [1.29, 1.82) is 0 Å². The maximum absolute atomic E-state index is 12.3. The summed E-state index contributed by atoms with van der Waals surface area (Å²) >= 11 is 0. The van der Waals surface area contributed by atoms with Crippen LogP contribution in [0.5, 0.6) is 5.75 Å². The Morgan fingerprint density at radius 1 is 1.15 bits per heavy atom. The molecule has 1 aromatic carbocycles. The zero-order valence-electron chi connectivity index (χ0n) is 16.6. The number of ether oxygens (including phenoxy) is 2. The van der Waals surface area contributed by atoms with Gasteiger partial charge in [-0.2, -0.15) is 0 Å². The molecule has 26 heavy (non-hydrogen) atoms. The Bertz CT molecular complexity index is 624. The molecular formula is C21H31NO4. The average molecular weight is 361 g/mol. The monoisotopic (exact) mass is 361 g/mol. The number of nitrogens with one attached hydrogen (secondary N) is 1. The Morgan fingerprint density at radius 3 is 2.23 bits per heavy atom. The molecule has 0 aliphatic heterocycles. The van der Waals surface area contributed by atoms with E-state index in [1.165, 1.54) is 32.8 Å². The number of esters is 1. The van der Waals surface area contributed by atoms with Crippen molar-refractivity contribution < 1.29 is 19.1 Å². The molecule has 1 saturated carbocycles. The molecule has 1 N–H and O–H groups in total. The average Bonchev–Trinajstić information content (AvgIpc) is 3.04. The molecule has 5 nitrogen and oxygen atoms in total. The quantitative estimate of drug-likeness (QED) is 0.777. The van der Waals surface area contributed by atoms with E-state index in [1.54, 1.807) is 32.9 Å². The van der Waals surface area contributed by atoms with Gasteiger partial charge in [0.2, 0.25) is 5.91 Å². The van der Waals surface area contributed by atoms with Crippen LogP contribution in [0.4, 0.5) is 0 Å². The normalized spacial score (nSPS) is 17.4. The molecule has 0 heterocycles. The zero-order valence-corrected chi connectivity index (χ0v) is 16.6. The molecule has 144 valence electrons. The van der Waals surface area contributed by atoms with Crippen LogP contribution in [-0.2, 0) is 14.3 Å². The van der Waals surface area contributed by atoms with E-state index >= 15 is 0 Å². The summed E-state index contributed by atoms with van der Waals surface area (Å²) in [6.07, 6.45) is 4.95. The van der Waals surface area contributed by atoms with Crippen LogP contribution in [0.1, 0.15) is 65.0 Å². The van der Waals surface area contributed by atoms with Crippen molar-refractivity contribution in [1.82, 2.24) is 5.32 Å². The van der Waals surface area contributed by atoms with Gasteiger partial charge in [-0.05, 0) is 30.5 Å². The molecule has 1 aromatic rings. The van der Waals surface area contributed by atoms with Gasteiger partial charge in [-0.1, -0.05) is 52.7 Å². The number of rotatable bonds is 6. The van der Waals surface area contributed by atoms with E-state index in [9.17, 15) is 9.59 Å². The van der Waals surface area contributed by atoms with Gasteiger partial charge in [0, 0.05) is 10.8 Å². The second-order valence-electron chi connectivity index (χ2n) is 8.56. The molecule has 0 radical (unpaired) electrons. The van der Waals surface area contributed by atoms with Gasteiger partial charge < -0.3 is 14.8 Å². The second-order valence-corrected chi connectivity index (χ2v) is 8.56. The minimum Gasteiger partial charge on any atom is -0.493 e. The van der Waals surface area contributed by atoms with E-state index in [2.05, 4.69) is 12.2 Å². The Balaban J connectivity index is 2.06. The van der Waals surface area contributed by atoms with E-state index in [-0.39, 0.29) is 11.3 Å². The van der Waals surface area contributed by atoms with Crippen LogP contribution in [0.25, 0.3) is 0 Å². The fourth-order valence-electron chi connectivity index (χ4n) is 3.13. The van der Waals surface area contributed by atoms with Gasteiger partial charge in [0.05, 0.1) is 13.7 Å². The van der Waals surface area contributed by atoms with Crippen LogP contribution >= 0.6 is 0 Å². The largest absolute Gasteiger partial charge is 0.493 e. The van der Waals surface area contributed by atoms with Gasteiger partial charge in [0.1, 0.15) is 5.75 Å². The first-order valence-electron chi connectivity index (χ1n) is 9.26. The lowest BCUT2D eigenvalue weighted by Crippen LogP contribution is -2.40. The molecular weight excluding hydrogens is 330 g/mol. The molecule has 1 aliphatic carbocycles. The summed E-state index contributed by atoms with van der Waals surface area (Å²) in [7, 11) is 1.32. The summed E-state index contributed by atoms with van der Waals surface area (Å²) < 4.78 is 10.8. The molecule has 1 fully saturated rings. The summed E-state index contributed by atoms with van der Waals surface area (Å²) in [5.74, 6) is 0.0739.